The Morgan fingerprint density at radius 3 is 3.00 bits per heavy atom. The molecule has 0 radical (unpaired) electrons. The SMILES string of the molecule is COC1=CC2=NC(=O)C=C(O)C2C=C1. The van der Waals surface area contributed by atoms with Crippen LogP contribution >= 0.6 is 0 Å². The topological polar surface area (TPSA) is 58.9 Å². The molecule has 1 heterocycles. The van der Waals surface area contributed by atoms with Crippen molar-refractivity contribution in [3.8, 4) is 0 Å². The van der Waals surface area contributed by atoms with Gasteiger partial charge in [-0.1, -0.05) is 6.08 Å². The summed E-state index contributed by atoms with van der Waals surface area (Å²) in [4.78, 5) is 14.8. The molecular weight excluding hydrogens is 182 g/mol. The highest BCUT2D eigenvalue weighted by Crippen LogP contribution is 2.23. The number of nitrogens with zero attached hydrogens (tertiary/aromatic N) is 1. The quantitative estimate of drug-likeness (QED) is 0.675. The van der Waals surface area contributed by atoms with E-state index in [0.717, 1.165) is 6.08 Å². The van der Waals surface area contributed by atoms with Crippen LogP contribution in [0.25, 0.3) is 0 Å². The number of amides is 1. The third-order valence-electron chi connectivity index (χ3n) is 2.13. The summed E-state index contributed by atoms with van der Waals surface area (Å²) < 4.78 is 4.99. The number of rotatable bonds is 1. The van der Waals surface area contributed by atoms with Crippen LogP contribution in [0.2, 0.25) is 0 Å². The molecule has 1 amide bonds. The molecule has 4 nitrogen and oxygen atoms in total. The van der Waals surface area contributed by atoms with Crippen LogP contribution in [-0.2, 0) is 9.53 Å². The third-order valence-corrected chi connectivity index (χ3v) is 2.13. The first kappa shape index (κ1) is 8.74. The first-order valence-electron chi connectivity index (χ1n) is 4.17. The normalized spacial score (nSPS) is 24.8. The van der Waals surface area contributed by atoms with Gasteiger partial charge in [0.25, 0.3) is 5.91 Å². The van der Waals surface area contributed by atoms with Crippen LogP contribution in [0.5, 0.6) is 0 Å². The molecule has 1 aliphatic carbocycles. The molecule has 4 heteroatoms. The second kappa shape index (κ2) is 3.14. The van der Waals surface area contributed by atoms with Gasteiger partial charge < -0.3 is 9.84 Å². The fraction of sp³-hybridized carbons (Fsp3) is 0.200. The van der Waals surface area contributed by atoms with Gasteiger partial charge in [-0.2, -0.15) is 0 Å². The molecule has 0 aromatic heterocycles. The molecule has 0 saturated carbocycles. The molecular formula is C10H9NO3. The first-order chi connectivity index (χ1) is 6.70. The van der Waals surface area contributed by atoms with E-state index in [-0.39, 0.29) is 11.7 Å². The third kappa shape index (κ3) is 1.35. The Hall–Kier alpha value is -1.84. The van der Waals surface area contributed by atoms with Crippen molar-refractivity contribution in [3.05, 3.63) is 35.8 Å². The lowest BCUT2D eigenvalue weighted by atomic mass is 9.93. The largest absolute Gasteiger partial charge is 0.511 e. The molecule has 14 heavy (non-hydrogen) atoms. The van der Waals surface area contributed by atoms with Crippen molar-refractivity contribution in [2.45, 2.75) is 0 Å². The smallest absolute Gasteiger partial charge is 0.273 e. The molecule has 0 aromatic rings. The van der Waals surface area contributed by atoms with Gasteiger partial charge in [0, 0.05) is 12.2 Å². The first-order valence-corrected chi connectivity index (χ1v) is 4.17. The minimum absolute atomic E-state index is 0.0302. The van der Waals surface area contributed by atoms with E-state index in [1.54, 1.807) is 18.2 Å². The second-order valence-corrected chi connectivity index (χ2v) is 3.03. The van der Waals surface area contributed by atoms with Crippen molar-refractivity contribution >= 4 is 11.6 Å². The highest BCUT2D eigenvalue weighted by molar-refractivity contribution is 6.12. The number of fused-ring (bicyclic) bond motifs is 1. The number of allylic oxidation sites excluding steroid dienone is 3. The Morgan fingerprint density at radius 2 is 2.29 bits per heavy atom. The Morgan fingerprint density at radius 1 is 1.50 bits per heavy atom. The lowest BCUT2D eigenvalue weighted by Gasteiger charge is -2.19. The van der Waals surface area contributed by atoms with Crippen LogP contribution < -0.4 is 0 Å². The van der Waals surface area contributed by atoms with Crippen molar-refractivity contribution in [1.29, 1.82) is 0 Å². The van der Waals surface area contributed by atoms with E-state index in [0.29, 0.717) is 11.5 Å². The average molecular weight is 191 g/mol. The summed E-state index contributed by atoms with van der Waals surface area (Å²) in [5.41, 5.74) is 0.523. The lowest BCUT2D eigenvalue weighted by molar-refractivity contribution is -0.113. The zero-order valence-electron chi connectivity index (χ0n) is 7.60. The molecule has 1 unspecified atom stereocenters. The molecule has 0 aromatic carbocycles. The number of carbonyl (C=O) groups is 1. The summed E-state index contributed by atoms with van der Waals surface area (Å²) in [6.07, 6.45) is 6.26. The molecule has 1 atom stereocenters. The van der Waals surface area contributed by atoms with E-state index in [4.69, 9.17) is 4.74 Å². The number of aliphatic imine (C=N–C) groups is 1. The Bertz CT molecular complexity index is 399. The van der Waals surface area contributed by atoms with Crippen LogP contribution in [0.4, 0.5) is 0 Å². The van der Waals surface area contributed by atoms with Gasteiger partial charge in [-0.25, -0.2) is 4.99 Å². The molecule has 72 valence electrons. The molecule has 0 saturated heterocycles. The van der Waals surface area contributed by atoms with Gasteiger partial charge in [0.1, 0.15) is 11.5 Å². The highest BCUT2D eigenvalue weighted by atomic mass is 16.5. The van der Waals surface area contributed by atoms with Gasteiger partial charge in [0.15, 0.2) is 0 Å². The van der Waals surface area contributed by atoms with Gasteiger partial charge in [0.2, 0.25) is 0 Å². The fourth-order valence-corrected chi connectivity index (χ4v) is 1.43. The summed E-state index contributed by atoms with van der Waals surface area (Å²) in [5, 5.41) is 9.47. The van der Waals surface area contributed by atoms with Crippen molar-refractivity contribution in [1.82, 2.24) is 0 Å². The summed E-state index contributed by atoms with van der Waals surface area (Å²) in [7, 11) is 1.54. The van der Waals surface area contributed by atoms with E-state index in [9.17, 15) is 9.90 Å². The van der Waals surface area contributed by atoms with Gasteiger partial charge in [-0.05, 0) is 6.08 Å². The van der Waals surface area contributed by atoms with Gasteiger partial charge in [0.05, 0.1) is 18.7 Å². The van der Waals surface area contributed by atoms with E-state index >= 15 is 0 Å². The van der Waals surface area contributed by atoms with Crippen molar-refractivity contribution in [3.63, 3.8) is 0 Å². The number of aliphatic hydroxyl groups excluding tert-OH is 1. The molecule has 0 bridgehead atoms. The molecule has 0 spiro atoms. The number of ether oxygens (including phenoxy) is 1. The average Bonchev–Trinajstić information content (AvgIpc) is 2.16. The van der Waals surface area contributed by atoms with Gasteiger partial charge >= 0.3 is 0 Å². The second-order valence-electron chi connectivity index (χ2n) is 3.03. The number of dihydropyridines is 1. The number of carbonyl (C=O) groups excluding carboxylic acids is 1. The van der Waals surface area contributed by atoms with Crippen LogP contribution in [0.15, 0.2) is 40.8 Å². The minimum atomic E-state index is -0.434. The van der Waals surface area contributed by atoms with Crippen LogP contribution in [0, 0.1) is 5.92 Å². The van der Waals surface area contributed by atoms with Crippen molar-refractivity contribution < 1.29 is 14.6 Å². The molecule has 0 fully saturated rings. The van der Waals surface area contributed by atoms with Crippen LogP contribution in [0.1, 0.15) is 0 Å². The monoisotopic (exact) mass is 191 g/mol. The Kier molecular flexibility index (Phi) is 1.96. The summed E-state index contributed by atoms with van der Waals surface area (Å²) >= 11 is 0. The van der Waals surface area contributed by atoms with Crippen molar-refractivity contribution in [2.75, 3.05) is 7.11 Å². The molecule has 1 aliphatic heterocycles. The molecule has 2 aliphatic rings. The molecule has 2 rings (SSSR count). The van der Waals surface area contributed by atoms with Gasteiger partial charge in [-0.3, -0.25) is 4.79 Å². The number of methoxy groups -OCH3 is 1. The molecule has 1 N–H and O–H groups in total. The lowest BCUT2D eigenvalue weighted by Crippen LogP contribution is -2.22. The summed E-state index contributed by atoms with van der Waals surface area (Å²) in [6, 6.07) is 0. The van der Waals surface area contributed by atoms with Gasteiger partial charge in [-0.15, -0.1) is 0 Å². The minimum Gasteiger partial charge on any atom is -0.511 e. The fourth-order valence-electron chi connectivity index (χ4n) is 1.43. The van der Waals surface area contributed by atoms with Crippen LogP contribution in [-0.4, -0.2) is 23.8 Å². The van der Waals surface area contributed by atoms with E-state index in [1.165, 1.54) is 7.11 Å². The summed E-state index contributed by atoms with van der Waals surface area (Å²) in [5.74, 6) is -0.0764. The predicted octanol–water partition coefficient (Wildman–Crippen LogP) is 1.13. The predicted molar refractivity (Wildman–Crippen MR) is 50.9 cm³/mol. The zero-order chi connectivity index (χ0) is 10.1. The standard InChI is InChI=1S/C10H9NO3/c1-14-6-2-3-7-8(4-6)11-10(13)5-9(7)12/h2-5,7,12H,1H3. The number of hydrogen-bond acceptors (Lipinski definition) is 3. The van der Waals surface area contributed by atoms with E-state index < -0.39 is 5.91 Å². The number of aliphatic hydroxyl groups is 1. The van der Waals surface area contributed by atoms with Crippen molar-refractivity contribution in [2.24, 2.45) is 10.9 Å². The zero-order valence-corrected chi connectivity index (χ0v) is 7.60. The Labute approximate surface area is 80.9 Å². The maximum Gasteiger partial charge on any atom is 0.273 e. The summed E-state index contributed by atoms with van der Waals surface area (Å²) in [6.45, 7) is 0. The highest BCUT2D eigenvalue weighted by Gasteiger charge is 2.25. The van der Waals surface area contributed by atoms with E-state index in [1.807, 2.05) is 0 Å². The maximum atomic E-state index is 11.0. The number of hydrogen-bond donors (Lipinski definition) is 1. The van der Waals surface area contributed by atoms with E-state index in [2.05, 4.69) is 4.99 Å². The van der Waals surface area contributed by atoms with Crippen LogP contribution in [0.3, 0.4) is 0 Å². The Balaban J connectivity index is 2.38. The maximum absolute atomic E-state index is 11.0.